The molecule has 1 aliphatic heterocycles. The molecule has 4 nitrogen and oxygen atoms in total. The fraction of sp³-hybridized carbons (Fsp3) is 1.00. The van der Waals surface area contributed by atoms with E-state index in [-0.39, 0.29) is 6.42 Å². The average Bonchev–Trinajstić information content (AvgIpc) is 1.99. The maximum atomic E-state index is 9.37. The second-order valence-corrected chi connectivity index (χ2v) is 2.65. The molecule has 0 aromatic carbocycles. The third-order valence-corrected chi connectivity index (χ3v) is 1.79. The average molecular weight is 163 g/mol. The van der Waals surface area contributed by atoms with E-state index < -0.39 is 24.6 Å². The van der Waals surface area contributed by atoms with E-state index >= 15 is 0 Å². The normalized spacial score (nSPS) is 53.8. The molecule has 0 aromatic heterocycles. The van der Waals surface area contributed by atoms with E-state index in [1.165, 1.54) is 7.11 Å². The van der Waals surface area contributed by atoms with E-state index in [1.54, 1.807) is 6.92 Å². The Morgan fingerprint density at radius 3 is 2.73 bits per heavy atom. The van der Waals surface area contributed by atoms with Gasteiger partial charge in [-0.25, -0.2) is 0 Å². The van der Waals surface area contributed by atoms with E-state index in [0.717, 1.165) is 0 Å². The number of rotatable bonds is 1. The highest BCUT2D eigenvalue weighted by molar-refractivity contribution is 4.79. The first-order chi connectivity index (χ1) is 5.47. The van der Waals surface area contributed by atoms with Crippen LogP contribution in [-0.4, -0.2) is 41.9 Å². The molecule has 1 saturated heterocycles. The van der Waals surface area contributed by atoms with Gasteiger partial charge in [0.15, 0.2) is 6.29 Å². The molecule has 0 saturated carbocycles. The summed E-state index contributed by atoms with van der Waals surface area (Å²) in [6, 6.07) is 0. The van der Waals surface area contributed by atoms with Crippen LogP contribution in [0.15, 0.2) is 0 Å². The molecule has 0 spiro atoms. The first kappa shape index (κ1) is 7.49. The van der Waals surface area contributed by atoms with Gasteiger partial charge in [0.05, 0.1) is 13.6 Å². The summed E-state index contributed by atoms with van der Waals surface area (Å²) in [6.45, 7) is 1.59. The first-order valence-electron chi connectivity index (χ1n) is 4.06. The van der Waals surface area contributed by atoms with Crippen molar-refractivity contribution in [3.63, 3.8) is 0 Å². The topological polar surface area (TPSA) is 58.9 Å². The molecular formula is C7H14O4. The van der Waals surface area contributed by atoms with Gasteiger partial charge in [-0.3, -0.25) is 0 Å². The van der Waals surface area contributed by atoms with Gasteiger partial charge in [0.1, 0.15) is 6.10 Å². The number of methoxy groups -OCH3 is 1. The quantitative estimate of drug-likeness (QED) is 0.546. The van der Waals surface area contributed by atoms with Gasteiger partial charge in [-0.2, -0.15) is 0 Å². The number of ether oxygens (including phenoxy) is 2. The summed E-state index contributed by atoms with van der Waals surface area (Å²) in [5.41, 5.74) is 0. The van der Waals surface area contributed by atoms with Crippen molar-refractivity contribution in [2.75, 3.05) is 7.11 Å². The second kappa shape index (κ2) is 3.49. The van der Waals surface area contributed by atoms with E-state index in [0.29, 0.717) is 0 Å². The zero-order valence-corrected chi connectivity index (χ0v) is 6.65. The molecule has 1 fully saturated rings. The van der Waals surface area contributed by atoms with E-state index in [1.807, 2.05) is 0 Å². The molecule has 4 heteroatoms. The third kappa shape index (κ3) is 1.90. The van der Waals surface area contributed by atoms with Gasteiger partial charge in [-0.1, -0.05) is 0 Å². The van der Waals surface area contributed by atoms with Gasteiger partial charge in [-0.05, 0) is 6.92 Å². The van der Waals surface area contributed by atoms with Gasteiger partial charge >= 0.3 is 0 Å². The number of hydrogen-bond donors (Lipinski definition) is 2. The molecule has 0 amide bonds. The van der Waals surface area contributed by atoms with Gasteiger partial charge in [0.25, 0.3) is 0 Å². The second-order valence-electron chi connectivity index (χ2n) is 2.65. The summed E-state index contributed by atoms with van der Waals surface area (Å²) in [5, 5.41) is 18.7. The molecule has 0 radical (unpaired) electrons. The number of hydrogen-bond acceptors (Lipinski definition) is 4. The molecule has 0 aromatic rings. The van der Waals surface area contributed by atoms with Crippen LogP contribution in [0.3, 0.4) is 0 Å². The van der Waals surface area contributed by atoms with Gasteiger partial charge in [0, 0.05) is 13.5 Å². The van der Waals surface area contributed by atoms with Crippen LogP contribution >= 0.6 is 0 Å². The molecular weight excluding hydrogens is 148 g/mol. The maximum absolute atomic E-state index is 9.37. The van der Waals surface area contributed by atoms with Crippen LogP contribution < -0.4 is 0 Å². The highest BCUT2D eigenvalue weighted by atomic mass is 16.7. The highest BCUT2D eigenvalue weighted by Gasteiger charge is 2.33. The molecule has 4 atom stereocenters. The summed E-state index contributed by atoms with van der Waals surface area (Å²) in [4.78, 5) is 0. The molecule has 0 unspecified atom stereocenters. The van der Waals surface area contributed by atoms with Gasteiger partial charge < -0.3 is 19.7 Å². The molecule has 2 N–H and O–H groups in total. The van der Waals surface area contributed by atoms with E-state index in [9.17, 15) is 10.2 Å². The summed E-state index contributed by atoms with van der Waals surface area (Å²) >= 11 is 0. The summed E-state index contributed by atoms with van der Waals surface area (Å²) in [5.74, 6) is 0. The van der Waals surface area contributed by atoms with Crippen molar-refractivity contribution in [1.82, 2.24) is 0 Å². The first-order valence-corrected chi connectivity index (χ1v) is 3.56. The maximum Gasteiger partial charge on any atom is 0.160 e. The molecule has 1 aliphatic rings. The predicted octanol–water partition coefficient (Wildman–Crippen LogP) is -0.511. The minimum absolute atomic E-state index is 0.0327. The van der Waals surface area contributed by atoms with Crippen molar-refractivity contribution in [2.45, 2.75) is 37.9 Å². The van der Waals surface area contributed by atoms with Crippen molar-refractivity contribution in [3.8, 4) is 0 Å². The van der Waals surface area contributed by atoms with E-state index in [2.05, 4.69) is 0 Å². The lowest BCUT2D eigenvalue weighted by Gasteiger charge is -2.34. The fourth-order valence-electron chi connectivity index (χ4n) is 1.06. The monoisotopic (exact) mass is 163 g/mol. The largest absolute Gasteiger partial charge is 0.390 e. The summed E-state index contributed by atoms with van der Waals surface area (Å²) in [7, 11) is 1.44. The standard InChI is InChI=1S/C7H14O4/c1-4-7(9)5(8)3-6(10-2)11-4/h4-9H,3H2,1-2H3/t4-,5+,6+,7-/m1/s1/i5D. The Bertz CT molecular complexity index is 161. The van der Waals surface area contributed by atoms with Crippen molar-refractivity contribution in [1.29, 1.82) is 0 Å². The van der Waals surface area contributed by atoms with Gasteiger partial charge in [0.2, 0.25) is 0 Å². The predicted molar refractivity (Wildman–Crippen MR) is 38.0 cm³/mol. The van der Waals surface area contributed by atoms with Crippen molar-refractivity contribution in [2.24, 2.45) is 0 Å². The minimum Gasteiger partial charge on any atom is -0.390 e. The van der Waals surface area contributed by atoms with E-state index in [4.69, 9.17) is 10.8 Å². The number of aliphatic hydroxyl groups is 2. The van der Waals surface area contributed by atoms with Crippen LogP contribution in [0.4, 0.5) is 0 Å². The summed E-state index contributed by atoms with van der Waals surface area (Å²) in [6.07, 6.45) is -4.26. The van der Waals surface area contributed by atoms with Crippen molar-refractivity contribution < 1.29 is 21.1 Å². The Balaban J connectivity index is 2.65. The Labute approximate surface area is 67.1 Å². The van der Waals surface area contributed by atoms with Gasteiger partial charge in [-0.15, -0.1) is 0 Å². The molecule has 66 valence electrons. The third-order valence-electron chi connectivity index (χ3n) is 1.79. The molecule has 1 heterocycles. The lowest BCUT2D eigenvalue weighted by Crippen LogP contribution is -2.47. The highest BCUT2D eigenvalue weighted by Crippen LogP contribution is 2.19. The lowest BCUT2D eigenvalue weighted by molar-refractivity contribution is -0.237. The SMILES string of the molecule is [2H][C@]1(O)C[C@@H](OC)O[C@H](C)[C@H]1O. The smallest absolute Gasteiger partial charge is 0.160 e. The van der Waals surface area contributed by atoms with Crippen LogP contribution in [-0.2, 0) is 9.47 Å². The van der Waals surface area contributed by atoms with Crippen molar-refractivity contribution in [3.05, 3.63) is 0 Å². The van der Waals surface area contributed by atoms with Crippen LogP contribution in [0, 0.1) is 0 Å². The minimum atomic E-state index is -1.86. The Morgan fingerprint density at radius 1 is 1.64 bits per heavy atom. The Hall–Kier alpha value is -0.160. The number of aliphatic hydroxyl groups excluding tert-OH is 1. The zero-order valence-electron chi connectivity index (χ0n) is 7.65. The van der Waals surface area contributed by atoms with Crippen LogP contribution in [0.1, 0.15) is 14.7 Å². The fourth-order valence-corrected chi connectivity index (χ4v) is 1.06. The van der Waals surface area contributed by atoms with Crippen LogP contribution in [0.5, 0.6) is 0 Å². The molecule has 11 heavy (non-hydrogen) atoms. The Kier molecular flexibility index (Phi) is 2.38. The lowest BCUT2D eigenvalue weighted by atomic mass is 10.0. The van der Waals surface area contributed by atoms with Crippen LogP contribution in [0.2, 0.25) is 0 Å². The Morgan fingerprint density at radius 2 is 2.27 bits per heavy atom. The molecule has 0 bridgehead atoms. The molecule has 1 rings (SSSR count). The summed E-state index contributed by atoms with van der Waals surface area (Å²) < 4.78 is 17.3. The van der Waals surface area contributed by atoms with Crippen molar-refractivity contribution >= 4 is 0 Å². The van der Waals surface area contributed by atoms with Crippen LogP contribution in [0.25, 0.3) is 0 Å². The zero-order chi connectivity index (χ0) is 9.35. The molecule has 0 aliphatic carbocycles.